The van der Waals surface area contributed by atoms with E-state index in [9.17, 15) is 4.79 Å². The van der Waals surface area contributed by atoms with E-state index in [1.165, 1.54) is 32.0 Å². The summed E-state index contributed by atoms with van der Waals surface area (Å²) in [7, 11) is 0. The summed E-state index contributed by atoms with van der Waals surface area (Å²) in [5, 5.41) is 10.1. The molecule has 2 fully saturated rings. The largest absolute Gasteiger partial charge is 0.338 e. The van der Waals surface area contributed by atoms with Gasteiger partial charge < -0.3 is 10.6 Å². The van der Waals surface area contributed by atoms with Gasteiger partial charge in [0.15, 0.2) is 0 Å². The van der Waals surface area contributed by atoms with Crippen molar-refractivity contribution in [1.29, 1.82) is 0 Å². The minimum Gasteiger partial charge on any atom is -0.338 e. The number of aromatic nitrogens is 3. The lowest BCUT2D eigenvalue weighted by molar-refractivity contribution is 0.235. The maximum atomic E-state index is 11.9. The van der Waals surface area contributed by atoms with Crippen molar-refractivity contribution < 1.29 is 4.79 Å². The molecule has 2 aliphatic rings. The van der Waals surface area contributed by atoms with Gasteiger partial charge >= 0.3 is 6.03 Å². The van der Waals surface area contributed by atoms with Crippen LogP contribution < -0.4 is 10.6 Å². The van der Waals surface area contributed by atoms with E-state index in [2.05, 4.69) is 41.5 Å². The van der Waals surface area contributed by atoms with Crippen molar-refractivity contribution >= 4 is 6.03 Å². The Morgan fingerprint density at radius 1 is 1.38 bits per heavy atom. The summed E-state index contributed by atoms with van der Waals surface area (Å²) in [5.74, 6) is 1.64. The van der Waals surface area contributed by atoms with Gasteiger partial charge in [-0.25, -0.2) is 14.5 Å². The van der Waals surface area contributed by atoms with Crippen molar-refractivity contribution in [3.63, 3.8) is 0 Å². The first-order valence-corrected chi connectivity index (χ1v) is 7.82. The Morgan fingerprint density at radius 3 is 2.67 bits per heavy atom. The molecule has 21 heavy (non-hydrogen) atoms. The van der Waals surface area contributed by atoms with E-state index in [1.54, 1.807) is 0 Å². The van der Waals surface area contributed by atoms with Crippen LogP contribution in [0.15, 0.2) is 6.33 Å². The Bertz CT molecular complexity index is 522. The molecule has 1 aromatic rings. The molecule has 0 atom stereocenters. The second kappa shape index (κ2) is 5.00. The summed E-state index contributed by atoms with van der Waals surface area (Å²) >= 11 is 0. The van der Waals surface area contributed by atoms with Crippen LogP contribution in [0.5, 0.6) is 0 Å². The van der Waals surface area contributed by atoms with E-state index in [-0.39, 0.29) is 11.6 Å². The van der Waals surface area contributed by atoms with E-state index in [4.69, 9.17) is 0 Å². The van der Waals surface area contributed by atoms with Gasteiger partial charge in [0.1, 0.15) is 12.2 Å². The smallest absolute Gasteiger partial charge is 0.315 e. The van der Waals surface area contributed by atoms with Crippen LogP contribution in [0.2, 0.25) is 0 Å². The average Bonchev–Trinajstić information content (AvgIpc) is 3.30. The van der Waals surface area contributed by atoms with Crippen LogP contribution >= 0.6 is 0 Å². The van der Waals surface area contributed by atoms with Crippen LogP contribution in [-0.2, 0) is 12.1 Å². The molecule has 0 bridgehead atoms. The van der Waals surface area contributed by atoms with Gasteiger partial charge in [-0.2, -0.15) is 5.10 Å². The fourth-order valence-corrected chi connectivity index (χ4v) is 3.01. The lowest BCUT2D eigenvalue weighted by Gasteiger charge is -2.21. The van der Waals surface area contributed by atoms with Crippen LogP contribution in [0.4, 0.5) is 4.79 Å². The third-order valence-corrected chi connectivity index (χ3v) is 4.60. The molecule has 0 aliphatic heterocycles. The van der Waals surface area contributed by atoms with E-state index >= 15 is 0 Å². The quantitative estimate of drug-likeness (QED) is 0.872. The van der Waals surface area contributed by atoms with Crippen LogP contribution in [0.25, 0.3) is 0 Å². The number of hydrogen-bond donors (Lipinski definition) is 2. The summed E-state index contributed by atoms with van der Waals surface area (Å²) < 4.78 is 1.85. The van der Waals surface area contributed by atoms with Crippen LogP contribution in [-0.4, -0.2) is 27.3 Å². The molecule has 2 saturated carbocycles. The Kier molecular flexibility index (Phi) is 3.42. The molecule has 0 aromatic carbocycles. The summed E-state index contributed by atoms with van der Waals surface area (Å²) in [5.41, 5.74) is 0.302. The van der Waals surface area contributed by atoms with Crippen molar-refractivity contribution in [3.8, 4) is 0 Å². The predicted octanol–water partition coefficient (Wildman–Crippen LogP) is 2.02. The van der Waals surface area contributed by atoms with Crippen molar-refractivity contribution in [2.45, 2.75) is 58.5 Å². The van der Waals surface area contributed by atoms with Crippen molar-refractivity contribution in [2.75, 3.05) is 6.54 Å². The zero-order chi connectivity index (χ0) is 15.1. The minimum absolute atomic E-state index is 0.106. The maximum absolute atomic E-state index is 11.9. The summed E-state index contributed by atoms with van der Waals surface area (Å²) in [6, 6.07) is -0.106. The molecule has 0 saturated heterocycles. The molecule has 6 nitrogen and oxygen atoms in total. The molecule has 2 aliphatic carbocycles. The van der Waals surface area contributed by atoms with Gasteiger partial charge in [0.2, 0.25) is 0 Å². The molecular weight excluding hydrogens is 266 g/mol. The molecule has 2 N–H and O–H groups in total. The zero-order valence-electron chi connectivity index (χ0n) is 13.1. The Labute approximate surface area is 125 Å². The Balaban J connectivity index is 1.47. The first-order chi connectivity index (χ1) is 9.91. The first kappa shape index (κ1) is 14.4. The predicted molar refractivity (Wildman–Crippen MR) is 79.6 cm³/mol. The van der Waals surface area contributed by atoms with Gasteiger partial charge in [-0.15, -0.1) is 0 Å². The zero-order valence-corrected chi connectivity index (χ0v) is 13.1. The Hall–Kier alpha value is -1.59. The van der Waals surface area contributed by atoms with Crippen molar-refractivity contribution in [3.05, 3.63) is 12.2 Å². The van der Waals surface area contributed by atoms with Crippen molar-refractivity contribution in [2.24, 2.45) is 11.3 Å². The monoisotopic (exact) mass is 291 g/mol. The number of carbonyl (C=O) groups is 1. The Morgan fingerprint density at radius 2 is 2.10 bits per heavy atom. The molecule has 0 unspecified atom stereocenters. The molecule has 0 spiro atoms. The lowest BCUT2D eigenvalue weighted by atomic mass is 10.0. The minimum atomic E-state index is -0.131. The molecule has 1 aromatic heterocycles. The second-order valence-corrected chi connectivity index (χ2v) is 7.43. The second-order valence-electron chi connectivity index (χ2n) is 7.43. The van der Waals surface area contributed by atoms with Crippen molar-refractivity contribution in [1.82, 2.24) is 25.4 Å². The third-order valence-electron chi connectivity index (χ3n) is 4.60. The fourth-order valence-electron chi connectivity index (χ4n) is 3.01. The van der Waals surface area contributed by atoms with Gasteiger partial charge in [0.25, 0.3) is 0 Å². The maximum Gasteiger partial charge on any atom is 0.315 e. The average molecular weight is 291 g/mol. The topological polar surface area (TPSA) is 71.8 Å². The highest BCUT2D eigenvalue weighted by Gasteiger charge is 2.53. The van der Waals surface area contributed by atoms with E-state index in [1.807, 2.05) is 4.68 Å². The van der Waals surface area contributed by atoms with Crippen LogP contribution in [0.1, 0.15) is 52.3 Å². The van der Waals surface area contributed by atoms with Gasteiger partial charge in [0.05, 0.1) is 12.1 Å². The van der Waals surface area contributed by atoms with Gasteiger partial charge in [-0.1, -0.05) is 0 Å². The number of hydrogen-bond acceptors (Lipinski definition) is 3. The van der Waals surface area contributed by atoms with Crippen LogP contribution in [0, 0.1) is 11.3 Å². The van der Waals surface area contributed by atoms with E-state index in [0.29, 0.717) is 12.0 Å². The van der Waals surface area contributed by atoms with Gasteiger partial charge in [-0.05, 0) is 57.8 Å². The highest BCUT2D eigenvalue weighted by molar-refractivity contribution is 5.73. The highest BCUT2D eigenvalue weighted by atomic mass is 16.2. The van der Waals surface area contributed by atoms with E-state index < -0.39 is 0 Å². The number of urea groups is 1. The lowest BCUT2D eigenvalue weighted by Crippen LogP contribution is -2.40. The molecule has 1 heterocycles. The van der Waals surface area contributed by atoms with Crippen LogP contribution in [0.3, 0.4) is 0 Å². The van der Waals surface area contributed by atoms with Gasteiger partial charge in [0, 0.05) is 6.54 Å². The summed E-state index contributed by atoms with van der Waals surface area (Å²) in [6.45, 7) is 7.42. The fraction of sp³-hybridized carbons (Fsp3) is 0.800. The summed E-state index contributed by atoms with van der Waals surface area (Å²) in [6.07, 6.45) is 6.77. The number of carbonyl (C=O) groups excluding carboxylic acids is 1. The number of rotatable bonds is 5. The number of nitrogens with one attached hydrogen (secondary N) is 2. The number of amides is 2. The summed E-state index contributed by atoms with van der Waals surface area (Å²) in [4.78, 5) is 16.2. The van der Waals surface area contributed by atoms with Gasteiger partial charge in [-0.3, -0.25) is 0 Å². The molecule has 2 amide bonds. The molecule has 3 rings (SSSR count). The third kappa shape index (κ3) is 3.19. The molecular formula is C15H25N5O. The molecule has 0 radical (unpaired) electrons. The number of nitrogens with zero attached hydrogens (tertiary/aromatic N) is 3. The normalized spacial score (nSPS) is 20.1. The standard InChI is InChI=1S/C15H25N5O/c1-14(2,3)20-12(18-10-19-20)8-16-13(21)17-9-15(6-7-15)11-4-5-11/h10-11H,4-9H2,1-3H3,(H2,16,17,21). The highest BCUT2D eigenvalue weighted by Crippen LogP contribution is 2.60. The van der Waals surface area contributed by atoms with E-state index in [0.717, 1.165) is 18.3 Å². The molecule has 116 valence electrons. The molecule has 6 heteroatoms. The first-order valence-electron chi connectivity index (χ1n) is 7.82. The SMILES string of the molecule is CC(C)(C)n1ncnc1CNC(=O)NCC1(C2CC2)CC1.